The molecule has 0 saturated heterocycles. The van der Waals surface area contributed by atoms with Crippen LogP contribution in [0.15, 0.2) is 48.5 Å². The third-order valence-electron chi connectivity index (χ3n) is 5.85. The maximum Gasteiger partial charge on any atom is 0.357 e. The van der Waals surface area contributed by atoms with Crippen molar-refractivity contribution in [1.29, 1.82) is 0 Å². The molecule has 206 valence electrons. The summed E-state index contributed by atoms with van der Waals surface area (Å²) in [6, 6.07) is 10.9. The minimum Gasteiger partial charge on any atom is -0.462 e. The molecule has 14 heteroatoms. The van der Waals surface area contributed by atoms with Gasteiger partial charge in [0.05, 0.1) is 34.1 Å². The predicted octanol–water partition coefficient (Wildman–Crippen LogP) is 2.69. The van der Waals surface area contributed by atoms with Crippen molar-refractivity contribution in [2.24, 2.45) is 0 Å². The largest absolute Gasteiger partial charge is 0.462 e. The molecule has 2 N–H and O–H groups in total. The van der Waals surface area contributed by atoms with Gasteiger partial charge in [0.15, 0.2) is 5.69 Å². The van der Waals surface area contributed by atoms with Crippen molar-refractivity contribution in [1.82, 2.24) is 4.57 Å². The van der Waals surface area contributed by atoms with Crippen LogP contribution in [0.3, 0.4) is 0 Å². The Morgan fingerprint density at radius 1 is 1.00 bits per heavy atom. The lowest BCUT2D eigenvalue weighted by Gasteiger charge is -2.23. The van der Waals surface area contributed by atoms with Gasteiger partial charge in [-0.2, -0.15) is 0 Å². The smallest absolute Gasteiger partial charge is 0.357 e. The number of nitrogens with two attached hydrogens (primary N) is 1. The van der Waals surface area contributed by atoms with Crippen LogP contribution in [-0.2, 0) is 14.3 Å². The number of fused-ring (bicyclic) bond motifs is 1. The van der Waals surface area contributed by atoms with Crippen LogP contribution in [0.1, 0.15) is 45.5 Å². The summed E-state index contributed by atoms with van der Waals surface area (Å²) in [5.74, 6) is -2.47. The molecule has 40 heavy (non-hydrogen) atoms. The molecule has 0 saturated carbocycles. The Labute approximate surface area is 230 Å². The van der Waals surface area contributed by atoms with Gasteiger partial charge in [0.25, 0.3) is 11.4 Å². The highest BCUT2D eigenvalue weighted by Gasteiger charge is 2.38. The highest BCUT2D eigenvalue weighted by atomic mass is 32.2. The SMILES string of the molecule is CCOC(=O)C1=c2/c(=C/c3cccc([N+](=O)[O-])c3)c(N)c(C(=O)OCC)n2C(=O)C(c2cccc([N+](=O)[O-])c2)S1. The zero-order valence-electron chi connectivity index (χ0n) is 21.2. The second-order valence-corrected chi connectivity index (χ2v) is 9.43. The third-order valence-corrected chi connectivity index (χ3v) is 7.15. The van der Waals surface area contributed by atoms with Gasteiger partial charge in [-0.3, -0.25) is 29.6 Å². The number of benzene rings is 2. The van der Waals surface area contributed by atoms with Crippen molar-refractivity contribution in [2.45, 2.75) is 19.1 Å². The number of nitro groups is 2. The Morgan fingerprint density at radius 3 is 2.23 bits per heavy atom. The van der Waals surface area contributed by atoms with Gasteiger partial charge in [0.2, 0.25) is 5.91 Å². The van der Waals surface area contributed by atoms with E-state index in [9.17, 15) is 34.6 Å². The molecule has 0 aliphatic carbocycles. The molecule has 1 atom stereocenters. The molecule has 1 aliphatic heterocycles. The number of anilines is 1. The Balaban J connectivity index is 2.10. The van der Waals surface area contributed by atoms with Crippen LogP contribution < -0.4 is 16.3 Å². The zero-order chi connectivity index (χ0) is 29.1. The monoisotopic (exact) mass is 566 g/mol. The van der Waals surface area contributed by atoms with E-state index in [0.717, 1.165) is 16.3 Å². The number of nitrogen functional groups attached to an aromatic ring is 1. The van der Waals surface area contributed by atoms with Crippen LogP contribution >= 0.6 is 11.8 Å². The van der Waals surface area contributed by atoms with Gasteiger partial charge in [-0.15, -0.1) is 0 Å². The van der Waals surface area contributed by atoms with Crippen molar-refractivity contribution >= 4 is 57.7 Å². The molecule has 0 amide bonds. The van der Waals surface area contributed by atoms with Gasteiger partial charge in [-0.1, -0.05) is 36.0 Å². The first kappa shape index (κ1) is 28.0. The molecule has 0 fully saturated rings. The minimum atomic E-state index is -1.18. The fraction of sp³-hybridized carbons (Fsp3) is 0.192. The quantitative estimate of drug-likeness (QED) is 0.240. The molecule has 0 spiro atoms. The first-order valence-electron chi connectivity index (χ1n) is 11.9. The van der Waals surface area contributed by atoms with Crippen molar-refractivity contribution in [3.8, 4) is 0 Å². The number of rotatable bonds is 8. The lowest BCUT2D eigenvalue weighted by Crippen LogP contribution is -2.42. The first-order chi connectivity index (χ1) is 19.1. The summed E-state index contributed by atoms with van der Waals surface area (Å²) in [4.78, 5) is 61.7. The summed E-state index contributed by atoms with van der Waals surface area (Å²) >= 11 is 0.797. The van der Waals surface area contributed by atoms with E-state index in [2.05, 4.69) is 0 Å². The van der Waals surface area contributed by atoms with Crippen molar-refractivity contribution in [3.63, 3.8) is 0 Å². The fourth-order valence-corrected chi connectivity index (χ4v) is 5.38. The van der Waals surface area contributed by atoms with E-state index in [1.54, 1.807) is 19.9 Å². The minimum absolute atomic E-state index is 0.0107. The fourth-order valence-electron chi connectivity index (χ4n) is 4.19. The number of nitro benzene ring substituents is 2. The zero-order valence-corrected chi connectivity index (χ0v) is 22.0. The molecular formula is C26H22N4O9S. The third kappa shape index (κ3) is 5.16. The summed E-state index contributed by atoms with van der Waals surface area (Å²) in [6.45, 7) is 3.09. The summed E-state index contributed by atoms with van der Waals surface area (Å²) in [7, 11) is 0. The predicted molar refractivity (Wildman–Crippen MR) is 145 cm³/mol. The average molecular weight is 567 g/mol. The number of esters is 2. The second-order valence-electron chi connectivity index (χ2n) is 8.31. The van der Waals surface area contributed by atoms with Crippen LogP contribution in [-0.4, -0.2) is 45.5 Å². The van der Waals surface area contributed by atoms with Crippen molar-refractivity contribution in [2.75, 3.05) is 18.9 Å². The number of hydrogen-bond donors (Lipinski definition) is 1. The maximum atomic E-state index is 14.0. The van der Waals surface area contributed by atoms with Crippen LogP contribution in [0.2, 0.25) is 0 Å². The van der Waals surface area contributed by atoms with Gasteiger partial charge in [-0.25, -0.2) is 9.59 Å². The van der Waals surface area contributed by atoms with E-state index in [0.29, 0.717) is 5.56 Å². The number of carbonyl (C=O) groups excluding carboxylic acids is 3. The van der Waals surface area contributed by atoms with Gasteiger partial charge in [0.1, 0.15) is 10.2 Å². The summed E-state index contributed by atoms with van der Waals surface area (Å²) in [5.41, 5.74) is 5.89. The van der Waals surface area contributed by atoms with Gasteiger partial charge in [0, 0.05) is 29.5 Å². The topological polar surface area (TPSA) is 187 Å². The van der Waals surface area contributed by atoms with Crippen LogP contribution in [0.5, 0.6) is 0 Å². The van der Waals surface area contributed by atoms with E-state index in [1.165, 1.54) is 48.5 Å². The van der Waals surface area contributed by atoms with E-state index in [1.807, 2.05) is 0 Å². The first-order valence-corrected chi connectivity index (χ1v) is 12.8. The number of nitrogens with zero attached hydrogens (tertiary/aromatic N) is 3. The molecule has 1 aromatic heterocycles. The number of aromatic nitrogens is 1. The van der Waals surface area contributed by atoms with E-state index >= 15 is 0 Å². The van der Waals surface area contributed by atoms with Gasteiger partial charge >= 0.3 is 11.9 Å². The maximum absolute atomic E-state index is 14.0. The average Bonchev–Trinajstić information content (AvgIpc) is 3.21. The number of hydrogen-bond acceptors (Lipinski definition) is 11. The van der Waals surface area contributed by atoms with Crippen LogP contribution in [0.4, 0.5) is 17.1 Å². The molecular weight excluding hydrogens is 544 g/mol. The summed E-state index contributed by atoms with van der Waals surface area (Å²) in [5, 5.41) is 21.5. The Hall–Kier alpha value is -4.98. The highest BCUT2D eigenvalue weighted by molar-refractivity contribution is 8.10. The Morgan fingerprint density at radius 2 is 1.60 bits per heavy atom. The second kappa shape index (κ2) is 11.4. The standard InChI is InChI=1S/C26H22N4O9S/c1-3-38-25(32)21-19(27)18(12-14-7-5-9-16(11-14)29(34)35)20-23(26(33)39-4-2)40-22(24(31)28(20)21)15-8-6-10-17(13-15)30(36)37/h5-13,22H,3-4,27H2,1-2H3/b18-12+. The number of ether oxygens (including phenoxy) is 2. The molecule has 4 rings (SSSR count). The van der Waals surface area contributed by atoms with Crippen LogP contribution in [0.25, 0.3) is 11.0 Å². The van der Waals surface area contributed by atoms with Crippen molar-refractivity contribution in [3.05, 3.63) is 96.1 Å². The van der Waals surface area contributed by atoms with Gasteiger partial charge < -0.3 is 15.2 Å². The molecule has 3 aromatic rings. The summed E-state index contributed by atoms with van der Waals surface area (Å²) in [6.07, 6.45) is 1.41. The van der Waals surface area contributed by atoms with E-state index < -0.39 is 32.9 Å². The molecule has 0 radical (unpaired) electrons. The molecule has 2 heterocycles. The molecule has 13 nitrogen and oxygen atoms in total. The highest BCUT2D eigenvalue weighted by Crippen LogP contribution is 2.40. The van der Waals surface area contributed by atoms with Crippen LogP contribution in [0, 0.1) is 20.2 Å². The van der Waals surface area contributed by atoms with Crippen molar-refractivity contribution < 1.29 is 33.7 Å². The molecule has 1 aliphatic rings. The lowest BCUT2D eigenvalue weighted by molar-refractivity contribution is -0.385. The normalized spacial score (nSPS) is 14.9. The Kier molecular flexibility index (Phi) is 8.00. The van der Waals surface area contributed by atoms with E-state index in [4.69, 9.17) is 15.2 Å². The molecule has 1 unspecified atom stereocenters. The molecule has 0 bridgehead atoms. The van der Waals surface area contributed by atoms with E-state index in [-0.39, 0.29) is 57.0 Å². The summed E-state index contributed by atoms with van der Waals surface area (Å²) < 4.78 is 11.4. The number of carbonyl (C=O) groups is 3. The number of non-ortho nitro benzene ring substituents is 2. The molecule has 2 aromatic carbocycles. The van der Waals surface area contributed by atoms with Gasteiger partial charge in [-0.05, 0) is 31.1 Å². The lowest BCUT2D eigenvalue weighted by atomic mass is 10.1. The number of thioether (sulfide) groups is 1. The Bertz CT molecular complexity index is 1700.